The summed E-state index contributed by atoms with van der Waals surface area (Å²) < 4.78 is 26.1. The number of hydrogen-bond acceptors (Lipinski definition) is 9. The molecule has 59 heavy (non-hydrogen) atoms. The second-order valence-corrected chi connectivity index (χ2v) is 22.0. The van der Waals surface area contributed by atoms with Crippen molar-refractivity contribution >= 4 is 5.97 Å². The van der Waals surface area contributed by atoms with Crippen LogP contribution in [0.15, 0.2) is 0 Å². The number of piperidine rings is 1. The van der Waals surface area contributed by atoms with Gasteiger partial charge in [-0.25, -0.2) is 0 Å². The summed E-state index contributed by atoms with van der Waals surface area (Å²) in [5.74, 6) is 12.9. The Hall–Kier alpha value is -1.25. The number of fused-ring (bicyclic) bond motifs is 7. The standard InChI is InChI=1S/C50H80N2O7/c1-5-30-21-39-35(15-14-29-10-7-6-8-11-29)32-18-19-50(25-32)26-33-20-34(54)23-44(57-4)45(33)37-17-16-36-40(27-58-28(2)53)47(59-48(36)46(37)50)38-24-43(56-3)42(55)22-31(38)12-9-13-41(39)52-49(30)51/h29-49,52,54-55H,5-8,10-12,14-27,51H2,1-4H3/t30?,31?,32-,33?,34?,35-,36?,37?,38?,39?,40+,41?,42?,43?,44?,45?,46?,47+,48?,49?,50-/m1/s1. The van der Waals surface area contributed by atoms with Crippen molar-refractivity contribution in [2.24, 2.45) is 88.1 Å². The van der Waals surface area contributed by atoms with E-state index in [-0.39, 0.29) is 71.9 Å². The van der Waals surface area contributed by atoms with Crippen molar-refractivity contribution in [3.8, 4) is 11.8 Å². The third-order valence-electron chi connectivity index (χ3n) is 19.4. The molecule has 6 saturated carbocycles. The smallest absolute Gasteiger partial charge is 0.302 e. The molecule has 6 aliphatic carbocycles. The molecule has 9 heteroatoms. The minimum absolute atomic E-state index is 0.0499. The van der Waals surface area contributed by atoms with Crippen LogP contribution in [0.4, 0.5) is 0 Å². The van der Waals surface area contributed by atoms with Gasteiger partial charge in [-0.1, -0.05) is 57.8 Å². The second-order valence-electron chi connectivity index (χ2n) is 22.0. The summed E-state index contributed by atoms with van der Waals surface area (Å²) in [5.41, 5.74) is 7.10. The van der Waals surface area contributed by atoms with Crippen LogP contribution in [-0.4, -0.2) is 85.8 Å². The average Bonchev–Trinajstić information content (AvgIpc) is 3.81. The summed E-state index contributed by atoms with van der Waals surface area (Å²) in [4.78, 5) is 12.5. The highest BCUT2D eigenvalue weighted by Gasteiger charge is 2.66. The molecule has 2 saturated heterocycles. The summed E-state index contributed by atoms with van der Waals surface area (Å²) in [6.07, 6.45) is 21.5. The van der Waals surface area contributed by atoms with Crippen molar-refractivity contribution in [3.05, 3.63) is 0 Å². The van der Waals surface area contributed by atoms with E-state index in [0.717, 1.165) is 57.3 Å². The molecular weight excluding hydrogens is 741 g/mol. The molecule has 16 unspecified atom stereocenters. The molecular formula is C50H80N2O7. The highest BCUT2D eigenvalue weighted by molar-refractivity contribution is 5.65. The molecule has 0 aromatic carbocycles. The number of nitrogens with one attached hydrogen (secondary N) is 1. The SMILES string of the molecule is CCC1CC2C(C#CCC3CC(O)C(OC)CC3[C@@H]3OC4C(CCC5C6C(CC(O)CC6OC)C[C@]6(CC[C@H](C6)[C@H]2CCC2CCCCC2)C54)[C@@H]3COC(C)=O)NC1N. The molecule has 3 aliphatic heterocycles. The van der Waals surface area contributed by atoms with Crippen molar-refractivity contribution < 1.29 is 34.0 Å². The van der Waals surface area contributed by atoms with E-state index in [0.29, 0.717) is 72.7 Å². The van der Waals surface area contributed by atoms with E-state index in [1.807, 2.05) is 7.11 Å². The summed E-state index contributed by atoms with van der Waals surface area (Å²) in [6, 6.07) is 0.0624. The molecule has 0 amide bonds. The van der Waals surface area contributed by atoms with Crippen molar-refractivity contribution in [1.29, 1.82) is 0 Å². The van der Waals surface area contributed by atoms with Gasteiger partial charge >= 0.3 is 5.97 Å². The molecule has 332 valence electrons. The molecule has 9 rings (SSSR count). The van der Waals surface area contributed by atoms with E-state index in [4.69, 9.17) is 24.7 Å². The Kier molecular flexibility index (Phi) is 13.2. The first-order chi connectivity index (χ1) is 28.6. The predicted molar refractivity (Wildman–Crippen MR) is 227 cm³/mol. The third kappa shape index (κ3) is 8.23. The van der Waals surface area contributed by atoms with Gasteiger partial charge in [0.05, 0.1) is 55.4 Å². The monoisotopic (exact) mass is 821 g/mol. The fourth-order valence-electron chi connectivity index (χ4n) is 16.9. The summed E-state index contributed by atoms with van der Waals surface area (Å²) in [6.45, 7) is 4.24. The fourth-order valence-corrected chi connectivity index (χ4v) is 16.9. The Balaban J connectivity index is 1.16. The molecule has 0 aromatic heterocycles. The zero-order valence-corrected chi connectivity index (χ0v) is 37.0. The first-order valence-corrected chi connectivity index (χ1v) is 24.8. The van der Waals surface area contributed by atoms with E-state index in [1.54, 1.807) is 7.11 Å². The van der Waals surface area contributed by atoms with Crippen LogP contribution >= 0.6 is 0 Å². The Bertz CT molecular complexity index is 1510. The Morgan fingerprint density at radius 2 is 1.61 bits per heavy atom. The van der Waals surface area contributed by atoms with Gasteiger partial charge in [0.25, 0.3) is 0 Å². The first-order valence-electron chi connectivity index (χ1n) is 24.8. The fraction of sp³-hybridized carbons (Fsp3) is 0.940. The number of esters is 1. The van der Waals surface area contributed by atoms with E-state index in [9.17, 15) is 15.0 Å². The number of aliphatic hydroxyl groups is 2. The maximum absolute atomic E-state index is 12.5. The normalized spacial score (nSPS) is 50.8. The molecule has 5 N–H and O–H groups in total. The molecule has 9 nitrogen and oxygen atoms in total. The molecule has 8 fully saturated rings. The average molecular weight is 821 g/mol. The van der Waals surface area contributed by atoms with Crippen molar-refractivity contribution in [1.82, 2.24) is 5.32 Å². The topological polar surface area (TPSA) is 133 Å². The Morgan fingerprint density at radius 3 is 2.37 bits per heavy atom. The van der Waals surface area contributed by atoms with E-state index in [1.165, 1.54) is 71.1 Å². The van der Waals surface area contributed by atoms with Crippen LogP contribution in [0.5, 0.6) is 0 Å². The maximum Gasteiger partial charge on any atom is 0.302 e. The lowest BCUT2D eigenvalue weighted by molar-refractivity contribution is -0.193. The zero-order chi connectivity index (χ0) is 41.0. The second kappa shape index (κ2) is 18.1. The van der Waals surface area contributed by atoms with Crippen LogP contribution in [-0.2, 0) is 23.7 Å². The lowest BCUT2D eigenvalue weighted by atomic mass is 9.45. The lowest BCUT2D eigenvalue weighted by Gasteiger charge is -2.61. The number of methoxy groups -OCH3 is 2. The van der Waals surface area contributed by atoms with Gasteiger partial charge in [-0.2, -0.15) is 0 Å². The number of carbonyl (C=O) groups is 1. The summed E-state index contributed by atoms with van der Waals surface area (Å²) in [7, 11) is 3.61. The van der Waals surface area contributed by atoms with Gasteiger partial charge in [-0.3, -0.25) is 10.1 Å². The van der Waals surface area contributed by atoms with Gasteiger partial charge in [0, 0.05) is 33.5 Å². The van der Waals surface area contributed by atoms with Crippen molar-refractivity contribution in [3.63, 3.8) is 0 Å². The van der Waals surface area contributed by atoms with E-state index < -0.39 is 6.10 Å². The van der Waals surface area contributed by atoms with Crippen LogP contribution in [0.3, 0.4) is 0 Å². The van der Waals surface area contributed by atoms with Crippen LogP contribution in [0.1, 0.15) is 142 Å². The van der Waals surface area contributed by atoms with Gasteiger partial charge in [-0.15, -0.1) is 5.92 Å². The minimum atomic E-state index is -0.546. The molecule has 0 radical (unpaired) electrons. The number of ether oxygens (including phenoxy) is 4. The molecule has 21 atom stereocenters. The Morgan fingerprint density at radius 1 is 0.831 bits per heavy atom. The van der Waals surface area contributed by atoms with Crippen LogP contribution in [0.2, 0.25) is 0 Å². The number of hydrogen-bond donors (Lipinski definition) is 4. The van der Waals surface area contributed by atoms with Crippen LogP contribution in [0, 0.1) is 94.2 Å². The van der Waals surface area contributed by atoms with Gasteiger partial charge in [0.1, 0.15) is 0 Å². The minimum Gasteiger partial charge on any atom is -0.465 e. The zero-order valence-electron chi connectivity index (χ0n) is 37.0. The van der Waals surface area contributed by atoms with Gasteiger partial charge < -0.3 is 34.9 Å². The molecule has 4 bridgehead atoms. The highest BCUT2D eigenvalue weighted by Crippen LogP contribution is 2.69. The number of carbonyl (C=O) groups excluding carboxylic acids is 1. The number of nitrogens with two attached hydrogens (primary N) is 1. The van der Waals surface area contributed by atoms with Gasteiger partial charge in [-0.05, 0) is 153 Å². The first kappa shape index (κ1) is 43.0. The number of aliphatic hydroxyl groups excluding tert-OH is 2. The van der Waals surface area contributed by atoms with Crippen molar-refractivity contribution in [2.75, 3.05) is 20.8 Å². The van der Waals surface area contributed by atoms with Gasteiger partial charge in [0.15, 0.2) is 0 Å². The lowest BCUT2D eigenvalue weighted by Crippen LogP contribution is -2.60. The summed E-state index contributed by atoms with van der Waals surface area (Å²) >= 11 is 0. The van der Waals surface area contributed by atoms with Crippen molar-refractivity contribution in [2.45, 2.75) is 191 Å². The third-order valence-corrected chi connectivity index (χ3v) is 19.4. The molecule has 9 aliphatic rings. The largest absolute Gasteiger partial charge is 0.465 e. The van der Waals surface area contributed by atoms with Gasteiger partial charge in [0.2, 0.25) is 0 Å². The molecule has 3 heterocycles. The van der Waals surface area contributed by atoms with Crippen LogP contribution < -0.4 is 11.1 Å². The van der Waals surface area contributed by atoms with E-state index in [2.05, 4.69) is 24.1 Å². The molecule has 0 aromatic rings. The van der Waals surface area contributed by atoms with Crippen LogP contribution in [0.25, 0.3) is 0 Å². The maximum atomic E-state index is 12.5. The Labute approximate surface area is 356 Å². The molecule has 1 spiro atoms. The summed E-state index contributed by atoms with van der Waals surface area (Å²) in [5, 5.41) is 26.8. The highest BCUT2D eigenvalue weighted by atomic mass is 16.5. The quantitative estimate of drug-likeness (QED) is 0.148. The van der Waals surface area contributed by atoms with E-state index >= 15 is 0 Å². The number of rotatable bonds is 8. The predicted octanol–water partition coefficient (Wildman–Crippen LogP) is 7.24.